The van der Waals surface area contributed by atoms with E-state index in [1.807, 2.05) is 24.3 Å². The van der Waals surface area contributed by atoms with Gasteiger partial charge in [0.1, 0.15) is 11.5 Å². The van der Waals surface area contributed by atoms with Gasteiger partial charge in [-0.2, -0.15) is 0 Å². The zero-order valence-corrected chi connectivity index (χ0v) is 34.4. The minimum Gasteiger partial charge on any atom is -0.497 e. The molecule has 0 unspecified atom stereocenters. The lowest BCUT2D eigenvalue weighted by Gasteiger charge is -2.34. The van der Waals surface area contributed by atoms with Crippen LogP contribution in [0, 0.1) is 0 Å². The fourth-order valence-corrected chi connectivity index (χ4v) is 8.98. The van der Waals surface area contributed by atoms with Crippen LogP contribution in [0.4, 0.5) is 0 Å². The lowest BCUT2D eigenvalue weighted by atomic mass is 10.1. The van der Waals surface area contributed by atoms with Gasteiger partial charge in [-0.15, -0.1) is 0 Å². The maximum atomic E-state index is 5.53. The first-order valence-corrected chi connectivity index (χ1v) is 21.1. The highest BCUT2D eigenvalue weighted by molar-refractivity contribution is 6.13. The topological polar surface area (TPSA) is 60.6 Å². The summed E-state index contributed by atoms with van der Waals surface area (Å²) in [5.74, 6) is 1.71. The Bertz CT molecular complexity index is 2500. The summed E-state index contributed by atoms with van der Waals surface area (Å²) in [6.07, 6.45) is 4.52. The quantitative estimate of drug-likeness (QED) is 0.110. The molecule has 0 spiro atoms. The molecule has 0 radical (unpaired) electrons. The van der Waals surface area contributed by atoms with E-state index >= 15 is 0 Å². The van der Waals surface area contributed by atoms with Crippen molar-refractivity contribution in [3.63, 3.8) is 0 Å². The van der Waals surface area contributed by atoms with E-state index in [1.54, 1.807) is 14.2 Å². The largest absolute Gasteiger partial charge is 0.497 e. The Kier molecular flexibility index (Phi) is 10.9. The van der Waals surface area contributed by atoms with Crippen LogP contribution < -0.4 is 9.47 Å². The van der Waals surface area contributed by atoms with Gasteiger partial charge in [0.2, 0.25) is 0 Å². The highest BCUT2D eigenvalue weighted by atomic mass is 16.5. The fraction of sp³-hybridized carbons (Fsp3) is 0.320. The van der Waals surface area contributed by atoms with Crippen molar-refractivity contribution >= 4 is 43.6 Å². The number of para-hydroxylation sites is 2. The van der Waals surface area contributed by atoms with E-state index in [0.29, 0.717) is 0 Å². The average molecular weight is 771 g/mol. The highest BCUT2D eigenvalue weighted by Gasteiger charge is 2.24. The summed E-state index contributed by atoms with van der Waals surface area (Å²) in [7, 11) is 3.44. The fourth-order valence-electron chi connectivity index (χ4n) is 8.98. The third-order valence-corrected chi connectivity index (χ3v) is 12.0. The summed E-state index contributed by atoms with van der Waals surface area (Å²) in [4.78, 5) is 16.1. The summed E-state index contributed by atoms with van der Waals surface area (Å²) in [6, 6.07) is 39.2. The van der Waals surface area contributed by atoms with Crippen LogP contribution in [0.2, 0.25) is 0 Å². The van der Waals surface area contributed by atoms with Crippen LogP contribution in [0.15, 0.2) is 109 Å². The first-order chi connectivity index (χ1) is 28.6. The summed E-state index contributed by atoms with van der Waals surface area (Å²) in [5.41, 5.74) is 11.6. The van der Waals surface area contributed by atoms with Crippen LogP contribution in [0.25, 0.3) is 66.1 Å². The Morgan fingerprint density at radius 2 is 0.897 bits per heavy atom. The Labute approximate surface area is 341 Å². The number of hydrogen-bond acceptors (Lipinski definition) is 6. The van der Waals surface area contributed by atoms with Crippen molar-refractivity contribution < 1.29 is 9.47 Å². The number of piperazine rings is 1. The summed E-state index contributed by atoms with van der Waals surface area (Å²) in [6.45, 7) is 12.0. The maximum Gasteiger partial charge on any atom is 0.118 e. The zero-order valence-electron chi connectivity index (χ0n) is 34.4. The van der Waals surface area contributed by atoms with Gasteiger partial charge in [0.25, 0.3) is 0 Å². The maximum absolute atomic E-state index is 5.53. The SMILES string of the molecule is CCCCn1c2ccccc2c2cc(CN3CCN(Cc4cc5c6ccccc6n(CCCC)c5c(-c5ccc(OC)cc5)n4)CC3)nc(-c3ccc(OC)cc3)c21. The molecular weight excluding hydrogens is 717 g/mol. The van der Waals surface area contributed by atoms with Crippen molar-refractivity contribution in [3.05, 3.63) is 121 Å². The van der Waals surface area contributed by atoms with Crippen LogP contribution in [0.3, 0.4) is 0 Å². The van der Waals surface area contributed by atoms with Crippen molar-refractivity contribution in [2.45, 2.75) is 65.7 Å². The summed E-state index contributed by atoms with van der Waals surface area (Å²) in [5, 5.41) is 5.16. The van der Waals surface area contributed by atoms with Gasteiger partial charge >= 0.3 is 0 Å². The molecule has 8 nitrogen and oxygen atoms in total. The van der Waals surface area contributed by atoms with Crippen molar-refractivity contribution in [3.8, 4) is 34.0 Å². The molecule has 4 aromatic carbocycles. The molecule has 1 aliphatic rings. The van der Waals surface area contributed by atoms with Crippen LogP contribution in [0.1, 0.15) is 50.9 Å². The van der Waals surface area contributed by atoms with Gasteiger partial charge in [0.15, 0.2) is 0 Å². The molecule has 9 rings (SSSR count). The predicted molar refractivity (Wildman–Crippen MR) is 239 cm³/mol. The Morgan fingerprint density at radius 1 is 0.500 bits per heavy atom. The first kappa shape index (κ1) is 37.9. The molecule has 1 saturated heterocycles. The minimum atomic E-state index is 0.810. The van der Waals surface area contributed by atoms with E-state index in [2.05, 4.69) is 118 Å². The second-order valence-corrected chi connectivity index (χ2v) is 15.8. The molecule has 1 fully saturated rings. The number of nitrogens with zero attached hydrogens (tertiary/aromatic N) is 6. The molecule has 0 N–H and O–H groups in total. The van der Waals surface area contributed by atoms with Crippen molar-refractivity contribution in [2.75, 3.05) is 40.4 Å². The van der Waals surface area contributed by atoms with Crippen molar-refractivity contribution in [2.24, 2.45) is 0 Å². The van der Waals surface area contributed by atoms with Gasteiger partial charge in [-0.25, -0.2) is 9.97 Å². The lowest BCUT2D eigenvalue weighted by Crippen LogP contribution is -2.45. The molecule has 0 aliphatic carbocycles. The van der Waals surface area contributed by atoms with E-state index < -0.39 is 0 Å². The van der Waals surface area contributed by atoms with Crippen LogP contribution in [-0.4, -0.2) is 69.3 Å². The first-order valence-electron chi connectivity index (χ1n) is 21.1. The number of hydrogen-bond donors (Lipinski definition) is 0. The Balaban J connectivity index is 1.01. The molecule has 0 saturated carbocycles. The molecule has 8 aromatic rings. The predicted octanol–water partition coefficient (Wildman–Crippen LogP) is 11.0. The second-order valence-electron chi connectivity index (χ2n) is 15.8. The highest BCUT2D eigenvalue weighted by Crippen LogP contribution is 2.38. The molecule has 1 aliphatic heterocycles. The number of methoxy groups -OCH3 is 2. The number of fused-ring (bicyclic) bond motifs is 6. The van der Waals surface area contributed by atoms with Gasteiger partial charge in [-0.3, -0.25) is 9.80 Å². The van der Waals surface area contributed by atoms with Crippen molar-refractivity contribution in [1.82, 2.24) is 28.9 Å². The molecule has 0 bridgehead atoms. The molecule has 5 heterocycles. The number of rotatable bonds is 14. The third kappa shape index (κ3) is 7.20. The van der Waals surface area contributed by atoms with Gasteiger partial charge in [-0.05, 0) is 85.6 Å². The van der Waals surface area contributed by atoms with E-state index in [0.717, 1.165) is 123 Å². The molecule has 0 atom stereocenters. The number of aryl methyl sites for hydroxylation is 2. The number of unbranched alkanes of at least 4 members (excludes halogenated alkanes) is 2. The Morgan fingerprint density at radius 3 is 1.28 bits per heavy atom. The minimum absolute atomic E-state index is 0.810. The van der Waals surface area contributed by atoms with E-state index in [-0.39, 0.29) is 0 Å². The van der Waals surface area contributed by atoms with Gasteiger partial charge in [0.05, 0.1) is 48.0 Å². The number of aromatic nitrogens is 4. The van der Waals surface area contributed by atoms with Crippen LogP contribution >= 0.6 is 0 Å². The van der Waals surface area contributed by atoms with Gasteiger partial charge in [0, 0.05) is 96.1 Å². The number of pyridine rings is 2. The molecule has 8 heteroatoms. The number of benzene rings is 4. The van der Waals surface area contributed by atoms with E-state index in [1.165, 1.54) is 43.6 Å². The third-order valence-electron chi connectivity index (χ3n) is 12.0. The Hall–Kier alpha value is -5.70. The zero-order chi connectivity index (χ0) is 39.6. The van der Waals surface area contributed by atoms with Gasteiger partial charge < -0.3 is 18.6 Å². The standard InChI is InChI=1S/C50H54N6O2/c1-5-7-25-55-45-15-11-9-13-41(45)43-31-37(51-47(49(43)55)35-17-21-39(57-3)22-18-35)33-53-27-29-54(30-28-53)34-38-32-44-42-14-10-12-16-46(42)56(26-8-6-2)50(44)48(52-38)36-19-23-40(58-4)24-20-36/h9-24,31-32H,5-8,25-30,33-34H2,1-4H3. The van der Waals surface area contributed by atoms with E-state index in [4.69, 9.17) is 19.4 Å². The molecule has 4 aromatic heterocycles. The molecular formula is C50H54N6O2. The van der Waals surface area contributed by atoms with Gasteiger partial charge in [-0.1, -0.05) is 63.1 Å². The second kappa shape index (κ2) is 16.6. The summed E-state index contributed by atoms with van der Waals surface area (Å²) < 4.78 is 16.0. The molecule has 58 heavy (non-hydrogen) atoms. The van der Waals surface area contributed by atoms with Crippen LogP contribution in [0.5, 0.6) is 11.5 Å². The summed E-state index contributed by atoms with van der Waals surface area (Å²) >= 11 is 0. The monoisotopic (exact) mass is 770 g/mol. The molecule has 296 valence electrons. The van der Waals surface area contributed by atoms with E-state index in [9.17, 15) is 0 Å². The number of ether oxygens (including phenoxy) is 2. The lowest BCUT2D eigenvalue weighted by molar-refractivity contribution is 0.120. The smallest absolute Gasteiger partial charge is 0.118 e. The molecule has 0 amide bonds. The van der Waals surface area contributed by atoms with Crippen molar-refractivity contribution in [1.29, 1.82) is 0 Å². The van der Waals surface area contributed by atoms with Crippen LogP contribution in [-0.2, 0) is 26.2 Å². The average Bonchev–Trinajstić information content (AvgIpc) is 3.77. The normalized spacial score (nSPS) is 14.0.